The first-order chi connectivity index (χ1) is 20.6. The Hall–Kier alpha value is -3.38. The number of nitrogens with one attached hydrogen (secondary N) is 2. The van der Waals surface area contributed by atoms with Gasteiger partial charge in [0.1, 0.15) is 22.1 Å². The highest BCUT2D eigenvalue weighted by molar-refractivity contribution is 9.10. The third-order valence-corrected chi connectivity index (χ3v) is 11.0. The van der Waals surface area contributed by atoms with Gasteiger partial charge in [0, 0.05) is 28.8 Å². The first-order valence-electron chi connectivity index (χ1n) is 14.2. The average molecular weight is 669 g/mol. The number of benzene rings is 3. The van der Waals surface area contributed by atoms with Gasteiger partial charge in [0.2, 0.25) is 0 Å². The number of hydrogen-bond donors (Lipinski definition) is 3. The van der Waals surface area contributed by atoms with Gasteiger partial charge in [-0.2, -0.15) is 0 Å². The Kier molecular flexibility index (Phi) is 7.78. The van der Waals surface area contributed by atoms with Crippen molar-refractivity contribution in [1.82, 2.24) is 15.2 Å². The molecule has 1 aliphatic carbocycles. The number of halogens is 1. The van der Waals surface area contributed by atoms with Gasteiger partial charge in [0.15, 0.2) is 0 Å². The van der Waals surface area contributed by atoms with E-state index in [0.29, 0.717) is 40.1 Å². The van der Waals surface area contributed by atoms with Crippen LogP contribution in [0.25, 0.3) is 0 Å². The normalized spacial score (nSPS) is 24.3. The molecule has 11 heteroatoms. The van der Waals surface area contributed by atoms with Crippen LogP contribution in [-0.4, -0.2) is 50.2 Å². The molecule has 1 spiro atoms. The summed E-state index contributed by atoms with van der Waals surface area (Å²) in [5.41, 5.74) is 6.45. The molecule has 9 nitrogen and oxygen atoms in total. The van der Waals surface area contributed by atoms with Crippen molar-refractivity contribution in [3.8, 4) is 11.5 Å². The zero-order valence-corrected chi connectivity index (χ0v) is 26.5. The van der Waals surface area contributed by atoms with E-state index in [0.717, 1.165) is 16.7 Å². The van der Waals surface area contributed by atoms with E-state index in [9.17, 15) is 18.3 Å². The first kappa shape index (κ1) is 29.7. The van der Waals surface area contributed by atoms with E-state index in [1.807, 2.05) is 37.3 Å². The molecule has 0 aromatic heterocycles. The molecule has 0 radical (unpaired) electrons. The Balaban J connectivity index is 1.39. The van der Waals surface area contributed by atoms with Crippen LogP contribution in [-0.2, 0) is 22.0 Å². The number of aliphatic hydroxyl groups is 1. The maximum absolute atomic E-state index is 13.8. The predicted molar refractivity (Wildman–Crippen MR) is 165 cm³/mol. The molecule has 0 saturated heterocycles. The molecule has 1 amide bonds. The number of rotatable bonds is 7. The van der Waals surface area contributed by atoms with E-state index < -0.39 is 27.6 Å². The maximum Gasteiger partial charge on any atom is 0.257 e. The number of carbonyl (C=O) groups is 1. The highest BCUT2D eigenvalue weighted by atomic mass is 79.9. The van der Waals surface area contributed by atoms with E-state index >= 15 is 0 Å². The SMILES string of the molecule is COc1cc2c3c(c1Br)O[C@@H]1C=C(NNS(=O)(=O)c4ccc(C)cc4)C[C@@H](C)[C@]31C[C@@H](CO)N(C(=O)c1ccccc1)C2. The monoisotopic (exact) mass is 667 g/mol. The summed E-state index contributed by atoms with van der Waals surface area (Å²) < 4.78 is 39.0. The molecule has 0 bridgehead atoms. The molecule has 0 fully saturated rings. The molecule has 226 valence electrons. The van der Waals surface area contributed by atoms with Crippen molar-refractivity contribution in [2.24, 2.45) is 5.92 Å². The number of sulfonamides is 1. The predicted octanol–water partition coefficient (Wildman–Crippen LogP) is 4.58. The number of carbonyl (C=O) groups excluding carboxylic acids is 1. The fraction of sp³-hybridized carbons (Fsp3) is 0.344. The van der Waals surface area contributed by atoms with E-state index in [2.05, 4.69) is 33.1 Å². The lowest BCUT2D eigenvalue weighted by Crippen LogP contribution is -2.52. The second-order valence-electron chi connectivity index (χ2n) is 11.5. The van der Waals surface area contributed by atoms with Crippen LogP contribution in [0.3, 0.4) is 0 Å². The summed E-state index contributed by atoms with van der Waals surface area (Å²) in [7, 11) is -2.22. The molecule has 3 N–H and O–H groups in total. The molecule has 4 atom stereocenters. The van der Waals surface area contributed by atoms with Gasteiger partial charge in [-0.15, -0.1) is 4.83 Å². The summed E-state index contributed by atoms with van der Waals surface area (Å²) in [6.45, 7) is 4.07. The standard InChI is InChI=1S/C32H34BrN3O6S/c1-19-9-11-25(12-10-19)43(39,40)35-34-23-13-20(2)32-16-24(18-37)36(31(38)21-7-5-4-6-8-21)17-22-14-26(41-3)29(33)30(28(22)32)42-27(32)15-23/h4-12,14-15,20,24,27,34-35,37H,13,16-18H2,1-3H3/t20-,24+,27-,32+/m1/s1. The fourth-order valence-electron chi connectivity index (χ4n) is 6.78. The Labute approximate surface area is 260 Å². The van der Waals surface area contributed by atoms with Gasteiger partial charge < -0.3 is 24.9 Å². The van der Waals surface area contributed by atoms with Gasteiger partial charge in [-0.25, -0.2) is 8.42 Å². The lowest BCUT2D eigenvalue weighted by Gasteiger charge is -2.44. The molecular formula is C32H34BrN3O6S. The Morgan fingerprint density at radius 2 is 1.91 bits per heavy atom. The molecule has 3 aromatic carbocycles. The molecular weight excluding hydrogens is 634 g/mol. The van der Waals surface area contributed by atoms with Crippen LogP contribution in [0.2, 0.25) is 0 Å². The summed E-state index contributed by atoms with van der Waals surface area (Å²) in [6, 6.07) is 17.2. The minimum atomic E-state index is -3.81. The number of hydrazine groups is 1. The number of aliphatic hydroxyl groups excluding tert-OH is 1. The molecule has 0 saturated carbocycles. The second-order valence-corrected chi connectivity index (χ2v) is 14.0. The summed E-state index contributed by atoms with van der Waals surface area (Å²) in [4.78, 5) is 18.3. The van der Waals surface area contributed by atoms with Crippen LogP contribution in [0, 0.1) is 12.8 Å². The number of ether oxygens (including phenoxy) is 2. The quantitative estimate of drug-likeness (QED) is 0.316. The summed E-state index contributed by atoms with van der Waals surface area (Å²) >= 11 is 3.69. The number of methoxy groups -OCH3 is 1. The van der Waals surface area contributed by atoms with E-state index in [4.69, 9.17) is 9.47 Å². The van der Waals surface area contributed by atoms with Crippen molar-refractivity contribution in [1.29, 1.82) is 0 Å². The van der Waals surface area contributed by atoms with E-state index in [-0.39, 0.29) is 29.9 Å². The number of nitrogens with zero attached hydrogens (tertiary/aromatic N) is 1. The van der Waals surface area contributed by atoms with Crippen molar-refractivity contribution in [3.05, 3.63) is 99.2 Å². The van der Waals surface area contributed by atoms with Crippen molar-refractivity contribution in [3.63, 3.8) is 0 Å². The third kappa shape index (κ3) is 5.02. The zero-order chi connectivity index (χ0) is 30.5. The smallest absolute Gasteiger partial charge is 0.257 e. The van der Waals surface area contributed by atoms with Crippen LogP contribution in [0.5, 0.6) is 11.5 Å². The molecule has 2 heterocycles. The van der Waals surface area contributed by atoms with Crippen LogP contribution < -0.4 is 19.7 Å². The highest BCUT2D eigenvalue weighted by Gasteiger charge is 2.58. The molecule has 3 aliphatic rings. The largest absolute Gasteiger partial charge is 0.495 e. The lowest BCUT2D eigenvalue weighted by atomic mass is 9.60. The van der Waals surface area contributed by atoms with Crippen molar-refractivity contribution in [2.75, 3.05) is 13.7 Å². The van der Waals surface area contributed by atoms with E-state index in [1.54, 1.807) is 48.4 Å². The second kappa shape index (κ2) is 11.3. The average Bonchev–Trinajstić information content (AvgIpc) is 3.27. The molecule has 2 aliphatic heterocycles. The fourth-order valence-corrected chi connectivity index (χ4v) is 8.23. The van der Waals surface area contributed by atoms with Crippen molar-refractivity contribution >= 4 is 31.9 Å². The summed E-state index contributed by atoms with van der Waals surface area (Å²) in [5.74, 6) is 1.03. The molecule has 3 aromatic rings. The summed E-state index contributed by atoms with van der Waals surface area (Å²) in [5, 5.41) is 10.7. The number of hydrogen-bond acceptors (Lipinski definition) is 7. The van der Waals surface area contributed by atoms with Crippen molar-refractivity contribution in [2.45, 2.75) is 55.7 Å². The van der Waals surface area contributed by atoms with Gasteiger partial charge >= 0.3 is 0 Å². The zero-order valence-electron chi connectivity index (χ0n) is 24.1. The first-order valence-corrected chi connectivity index (χ1v) is 16.4. The molecule has 6 rings (SSSR count). The Bertz CT molecular complexity index is 1700. The van der Waals surface area contributed by atoms with Gasteiger partial charge in [-0.3, -0.25) is 4.79 Å². The number of amides is 1. The third-order valence-electron chi connectivity index (χ3n) is 8.99. The van der Waals surface area contributed by atoms with Gasteiger partial charge in [-0.1, -0.05) is 42.8 Å². The maximum atomic E-state index is 13.8. The van der Waals surface area contributed by atoms with Crippen LogP contribution >= 0.6 is 15.9 Å². The van der Waals surface area contributed by atoms with Crippen LogP contribution in [0.1, 0.15) is 46.8 Å². The van der Waals surface area contributed by atoms with Crippen molar-refractivity contribution < 1.29 is 27.8 Å². The Morgan fingerprint density at radius 3 is 2.58 bits per heavy atom. The minimum absolute atomic E-state index is 0.0463. The van der Waals surface area contributed by atoms with Gasteiger partial charge in [-0.05, 0) is 83.6 Å². The minimum Gasteiger partial charge on any atom is -0.495 e. The molecule has 43 heavy (non-hydrogen) atoms. The van der Waals surface area contributed by atoms with Crippen LogP contribution in [0.4, 0.5) is 0 Å². The number of allylic oxidation sites excluding steroid dienone is 1. The highest BCUT2D eigenvalue weighted by Crippen LogP contribution is 2.60. The Morgan fingerprint density at radius 1 is 1.19 bits per heavy atom. The van der Waals surface area contributed by atoms with Crippen LogP contribution in [0.15, 0.2) is 81.8 Å². The number of aryl methyl sites for hydroxylation is 1. The van der Waals surface area contributed by atoms with E-state index in [1.165, 1.54) is 0 Å². The van der Waals surface area contributed by atoms with Gasteiger partial charge in [0.05, 0.1) is 24.7 Å². The molecule has 0 unspecified atom stereocenters. The summed E-state index contributed by atoms with van der Waals surface area (Å²) in [6.07, 6.45) is 2.42. The van der Waals surface area contributed by atoms with Gasteiger partial charge in [0.25, 0.3) is 15.9 Å². The topological polar surface area (TPSA) is 117 Å². The lowest BCUT2D eigenvalue weighted by molar-refractivity contribution is 0.0405.